The molecule has 104 valence electrons. The normalized spacial score (nSPS) is 20.9. The van der Waals surface area contributed by atoms with Gasteiger partial charge in [0.15, 0.2) is 0 Å². The van der Waals surface area contributed by atoms with Gasteiger partial charge in [-0.1, -0.05) is 0 Å². The molecule has 18 heavy (non-hydrogen) atoms. The van der Waals surface area contributed by atoms with Crippen molar-refractivity contribution in [2.75, 3.05) is 27.2 Å². The Morgan fingerprint density at radius 2 is 2.00 bits per heavy atom. The van der Waals surface area contributed by atoms with Crippen molar-refractivity contribution in [2.24, 2.45) is 0 Å². The van der Waals surface area contributed by atoms with E-state index >= 15 is 0 Å². The molecule has 1 fully saturated rings. The first kappa shape index (κ1) is 14.8. The molecule has 6 nitrogen and oxygen atoms in total. The number of nitrogens with one attached hydrogen (secondary N) is 1. The summed E-state index contributed by atoms with van der Waals surface area (Å²) in [5, 5.41) is 11.5. The molecule has 1 aliphatic rings. The number of carboxylic acids is 1. The first-order chi connectivity index (χ1) is 8.24. The van der Waals surface area contributed by atoms with Crippen molar-refractivity contribution in [1.82, 2.24) is 15.1 Å². The number of hydrogen-bond donors (Lipinski definition) is 2. The van der Waals surface area contributed by atoms with Crippen LogP contribution in [0, 0.1) is 0 Å². The van der Waals surface area contributed by atoms with E-state index in [0.717, 1.165) is 12.8 Å². The zero-order valence-corrected chi connectivity index (χ0v) is 11.6. The molecule has 1 heterocycles. The van der Waals surface area contributed by atoms with Gasteiger partial charge in [-0.15, -0.1) is 0 Å². The number of likely N-dealkylation sites (N-methyl/N-ethyl adjacent to an activating group) is 1. The topological polar surface area (TPSA) is 72.9 Å². The Kier molecular flexibility index (Phi) is 4.56. The fourth-order valence-electron chi connectivity index (χ4n) is 1.96. The largest absolute Gasteiger partial charge is 0.480 e. The van der Waals surface area contributed by atoms with E-state index in [0.29, 0.717) is 19.1 Å². The van der Waals surface area contributed by atoms with Gasteiger partial charge in [0.25, 0.3) is 0 Å². The van der Waals surface area contributed by atoms with Crippen LogP contribution in [0.4, 0.5) is 4.79 Å². The van der Waals surface area contributed by atoms with E-state index < -0.39 is 11.5 Å². The highest BCUT2D eigenvalue weighted by atomic mass is 16.4. The van der Waals surface area contributed by atoms with Gasteiger partial charge in [0.2, 0.25) is 0 Å². The minimum Gasteiger partial charge on any atom is -0.480 e. The van der Waals surface area contributed by atoms with Gasteiger partial charge in [-0.25, -0.2) is 9.59 Å². The van der Waals surface area contributed by atoms with Crippen molar-refractivity contribution in [1.29, 1.82) is 0 Å². The number of likely N-dealkylation sites (tertiary alicyclic amines) is 1. The van der Waals surface area contributed by atoms with Crippen molar-refractivity contribution in [3.63, 3.8) is 0 Å². The highest BCUT2D eigenvalue weighted by Crippen LogP contribution is 2.14. The minimum absolute atomic E-state index is 0.297. The summed E-state index contributed by atoms with van der Waals surface area (Å²) in [6, 6.07) is 0.0476. The predicted molar refractivity (Wildman–Crippen MR) is 68.5 cm³/mol. The lowest BCUT2D eigenvalue weighted by molar-refractivity contribution is -0.143. The number of carbonyl (C=O) groups is 2. The maximum atomic E-state index is 12.0. The van der Waals surface area contributed by atoms with Gasteiger partial charge in [-0.05, 0) is 40.8 Å². The van der Waals surface area contributed by atoms with Crippen molar-refractivity contribution < 1.29 is 14.7 Å². The number of hydrogen-bond acceptors (Lipinski definition) is 3. The molecule has 0 bridgehead atoms. The van der Waals surface area contributed by atoms with Crippen LogP contribution in [0.5, 0.6) is 0 Å². The average molecular weight is 257 g/mol. The van der Waals surface area contributed by atoms with Gasteiger partial charge < -0.3 is 20.2 Å². The monoisotopic (exact) mass is 257 g/mol. The molecular formula is C12H23N3O3. The summed E-state index contributed by atoms with van der Waals surface area (Å²) >= 11 is 0. The second kappa shape index (κ2) is 5.56. The van der Waals surface area contributed by atoms with Crippen LogP contribution in [0.25, 0.3) is 0 Å². The molecule has 0 spiro atoms. The molecule has 0 aromatic rings. The third-order valence-electron chi connectivity index (χ3n) is 3.37. The van der Waals surface area contributed by atoms with Crippen LogP contribution in [0.15, 0.2) is 0 Å². The summed E-state index contributed by atoms with van der Waals surface area (Å²) in [5.74, 6) is -1.03. The molecule has 0 saturated carbocycles. The third kappa shape index (κ3) is 3.60. The number of urea groups is 1. The number of carboxylic acid groups (broad SMARTS) is 1. The molecule has 2 N–H and O–H groups in total. The van der Waals surface area contributed by atoms with E-state index in [4.69, 9.17) is 5.11 Å². The molecule has 2 amide bonds. The summed E-state index contributed by atoms with van der Waals surface area (Å²) < 4.78 is 0. The lowest BCUT2D eigenvalue weighted by atomic mass is 10.0. The van der Waals surface area contributed by atoms with Gasteiger partial charge in [0, 0.05) is 19.1 Å². The number of nitrogens with zero attached hydrogens (tertiary/aromatic N) is 2. The number of carbonyl (C=O) groups excluding carboxylic acids is 1. The maximum absolute atomic E-state index is 12.0. The summed E-state index contributed by atoms with van der Waals surface area (Å²) in [7, 11) is 3.99. The lowest BCUT2D eigenvalue weighted by Crippen LogP contribution is -2.57. The molecule has 0 aromatic heterocycles. The Balaban J connectivity index is 2.59. The van der Waals surface area contributed by atoms with Crippen LogP contribution in [-0.2, 0) is 4.79 Å². The Morgan fingerprint density at radius 1 is 1.39 bits per heavy atom. The van der Waals surface area contributed by atoms with Crippen LogP contribution < -0.4 is 5.32 Å². The van der Waals surface area contributed by atoms with Gasteiger partial charge in [0.1, 0.15) is 5.54 Å². The number of amides is 2. The first-order valence-electron chi connectivity index (χ1n) is 6.21. The number of piperidine rings is 1. The maximum Gasteiger partial charge on any atom is 0.328 e. The molecule has 1 saturated heterocycles. The molecule has 1 aliphatic heterocycles. The summed E-state index contributed by atoms with van der Waals surface area (Å²) in [4.78, 5) is 26.8. The average Bonchev–Trinajstić information content (AvgIpc) is 2.28. The number of rotatable bonds is 3. The van der Waals surface area contributed by atoms with Crippen molar-refractivity contribution in [2.45, 2.75) is 38.3 Å². The number of aliphatic carboxylic acids is 1. The second-order valence-corrected chi connectivity index (χ2v) is 5.57. The molecule has 6 heteroatoms. The van der Waals surface area contributed by atoms with Crippen molar-refractivity contribution in [3.05, 3.63) is 0 Å². The van der Waals surface area contributed by atoms with Crippen LogP contribution in [0.1, 0.15) is 26.7 Å². The standard InChI is InChI=1S/C12H23N3O3/c1-12(2,10(16)17)13-11(18)15-7-5-6-9(8-15)14(3)4/h9H,5-8H2,1-4H3,(H,13,18)(H,16,17). The summed E-state index contributed by atoms with van der Waals surface area (Å²) in [5.41, 5.74) is -1.23. The fourth-order valence-corrected chi connectivity index (χ4v) is 1.96. The van der Waals surface area contributed by atoms with E-state index in [-0.39, 0.29) is 6.03 Å². The molecule has 0 aliphatic carbocycles. The van der Waals surface area contributed by atoms with Gasteiger partial charge in [-0.2, -0.15) is 0 Å². The molecule has 1 unspecified atom stereocenters. The van der Waals surface area contributed by atoms with E-state index in [1.807, 2.05) is 14.1 Å². The highest BCUT2D eigenvalue weighted by molar-refractivity contribution is 5.85. The Bertz CT molecular complexity index is 329. The third-order valence-corrected chi connectivity index (χ3v) is 3.37. The van der Waals surface area contributed by atoms with E-state index in [1.54, 1.807) is 4.90 Å². The first-order valence-corrected chi connectivity index (χ1v) is 6.21. The van der Waals surface area contributed by atoms with Crippen LogP contribution in [0.2, 0.25) is 0 Å². The predicted octanol–water partition coefficient (Wildman–Crippen LogP) is 0.585. The Labute approximate surface area is 108 Å². The lowest BCUT2D eigenvalue weighted by Gasteiger charge is -2.37. The van der Waals surface area contributed by atoms with Gasteiger partial charge >= 0.3 is 12.0 Å². The molecule has 0 aromatic carbocycles. The van der Waals surface area contributed by atoms with Gasteiger partial charge in [-0.3, -0.25) is 0 Å². The molecule has 1 rings (SSSR count). The summed E-state index contributed by atoms with van der Waals surface area (Å²) in [6.45, 7) is 4.31. The van der Waals surface area contributed by atoms with E-state index in [1.165, 1.54) is 13.8 Å². The molecule has 1 atom stereocenters. The Hall–Kier alpha value is -1.30. The van der Waals surface area contributed by atoms with Crippen molar-refractivity contribution in [3.8, 4) is 0 Å². The zero-order valence-electron chi connectivity index (χ0n) is 11.6. The van der Waals surface area contributed by atoms with E-state index in [2.05, 4.69) is 10.2 Å². The Morgan fingerprint density at radius 3 is 2.50 bits per heavy atom. The van der Waals surface area contributed by atoms with Crippen molar-refractivity contribution >= 4 is 12.0 Å². The smallest absolute Gasteiger partial charge is 0.328 e. The van der Waals surface area contributed by atoms with Crippen LogP contribution >= 0.6 is 0 Å². The van der Waals surface area contributed by atoms with E-state index in [9.17, 15) is 9.59 Å². The quantitative estimate of drug-likeness (QED) is 0.776. The molecular weight excluding hydrogens is 234 g/mol. The SMILES string of the molecule is CN(C)C1CCCN(C(=O)NC(C)(C)C(=O)O)C1. The zero-order chi connectivity index (χ0) is 13.9. The second-order valence-electron chi connectivity index (χ2n) is 5.57. The molecule has 0 radical (unpaired) electrons. The summed E-state index contributed by atoms with van der Waals surface area (Å²) in [6.07, 6.45) is 2.02. The minimum atomic E-state index is -1.23. The van der Waals surface area contributed by atoms with Crippen LogP contribution in [-0.4, -0.2) is 65.7 Å². The highest BCUT2D eigenvalue weighted by Gasteiger charge is 2.32. The fraction of sp³-hybridized carbons (Fsp3) is 0.833. The van der Waals surface area contributed by atoms with Gasteiger partial charge in [0.05, 0.1) is 0 Å². The van der Waals surface area contributed by atoms with Crippen LogP contribution in [0.3, 0.4) is 0 Å².